The van der Waals surface area contributed by atoms with Crippen molar-refractivity contribution in [1.29, 1.82) is 0 Å². The topological polar surface area (TPSA) is 66.5 Å². The van der Waals surface area contributed by atoms with Gasteiger partial charge in [-0.3, -0.25) is 4.79 Å². The SMILES string of the molecule is CC[C@@H](C)NC(=O)[C@H]1CSCN1S(=O)(=O)C1CC1. The number of rotatable bonds is 5. The number of nitrogens with one attached hydrogen (secondary N) is 1. The molecule has 2 aliphatic rings. The monoisotopic (exact) mass is 292 g/mol. The third-order valence-electron chi connectivity index (χ3n) is 3.42. The second kappa shape index (κ2) is 5.38. The predicted molar refractivity (Wildman–Crippen MR) is 72.8 cm³/mol. The molecule has 0 spiro atoms. The molecule has 1 saturated carbocycles. The van der Waals surface area contributed by atoms with E-state index in [1.54, 1.807) is 0 Å². The lowest BCUT2D eigenvalue weighted by Crippen LogP contribution is -2.50. The summed E-state index contributed by atoms with van der Waals surface area (Å²) >= 11 is 1.51. The molecular weight excluding hydrogens is 272 g/mol. The standard InChI is InChI=1S/C11H20N2O3S2/c1-3-8(2)12-11(14)10-6-17-7-13(10)18(15,16)9-4-5-9/h8-10H,3-7H2,1-2H3,(H,12,14)/t8-,10-/m1/s1. The molecule has 0 bridgehead atoms. The zero-order valence-corrected chi connectivity index (χ0v) is 12.4. The predicted octanol–water partition coefficient (Wildman–Crippen LogP) is 0.768. The van der Waals surface area contributed by atoms with E-state index < -0.39 is 16.1 Å². The third kappa shape index (κ3) is 2.83. The number of amides is 1. The van der Waals surface area contributed by atoms with Gasteiger partial charge in [0.25, 0.3) is 0 Å². The van der Waals surface area contributed by atoms with Crippen LogP contribution in [0.3, 0.4) is 0 Å². The number of carbonyl (C=O) groups excluding carboxylic acids is 1. The van der Waals surface area contributed by atoms with Crippen LogP contribution in [0.4, 0.5) is 0 Å². The quantitative estimate of drug-likeness (QED) is 0.813. The molecule has 1 aliphatic carbocycles. The van der Waals surface area contributed by atoms with E-state index in [0.717, 1.165) is 19.3 Å². The Kier molecular flexibility index (Phi) is 4.23. The molecular formula is C11H20N2O3S2. The van der Waals surface area contributed by atoms with E-state index in [1.165, 1.54) is 16.1 Å². The Morgan fingerprint density at radius 3 is 2.72 bits per heavy atom. The van der Waals surface area contributed by atoms with Crippen molar-refractivity contribution in [1.82, 2.24) is 9.62 Å². The van der Waals surface area contributed by atoms with Crippen LogP contribution < -0.4 is 5.32 Å². The summed E-state index contributed by atoms with van der Waals surface area (Å²) in [5, 5.41) is 2.63. The van der Waals surface area contributed by atoms with Gasteiger partial charge in [-0.2, -0.15) is 4.31 Å². The van der Waals surface area contributed by atoms with E-state index in [9.17, 15) is 13.2 Å². The zero-order chi connectivity index (χ0) is 13.3. The molecule has 7 heteroatoms. The molecule has 1 heterocycles. The minimum atomic E-state index is -3.25. The van der Waals surface area contributed by atoms with Crippen molar-refractivity contribution in [2.75, 3.05) is 11.6 Å². The number of sulfonamides is 1. The van der Waals surface area contributed by atoms with Crippen molar-refractivity contribution >= 4 is 27.7 Å². The smallest absolute Gasteiger partial charge is 0.239 e. The first-order valence-electron chi connectivity index (χ1n) is 6.35. The van der Waals surface area contributed by atoms with Crippen LogP contribution in [0, 0.1) is 0 Å². The van der Waals surface area contributed by atoms with Crippen molar-refractivity contribution in [2.45, 2.75) is 50.4 Å². The first kappa shape index (κ1) is 14.1. The van der Waals surface area contributed by atoms with Crippen LogP contribution in [0.15, 0.2) is 0 Å². The van der Waals surface area contributed by atoms with Gasteiger partial charge in [-0.15, -0.1) is 11.8 Å². The lowest BCUT2D eigenvalue weighted by Gasteiger charge is -2.23. The molecule has 1 aliphatic heterocycles. The average molecular weight is 292 g/mol. The highest BCUT2D eigenvalue weighted by atomic mass is 32.2. The second-order valence-corrected chi connectivity index (χ2v) is 8.13. The largest absolute Gasteiger partial charge is 0.352 e. The van der Waals surface area contributed by atoms with Crippen molar-refractivity contribution in [3.05, 3.63) is 0 Å². The summed E-state index contributed by atoms with van der Waals surface area (Å²) in [6, 6.07) is -0.428. The van der Waals surface area contributed by atoms with Gasteiger partial charge in [-0.25, -0.2) is 8.42 Å². The molecule has 2 rings (SSSR count). The Labute approximate surface area is 113 Å². The first-order chi connectivity index (χ1) is 8.46. The molecule has 1 saturated heterocycles. The molecule has 1 amide bonds. The molecule has 0 unspecified atom stereocenters. The minimum absolute atomic E-state index is 0.0913. The Morgan fingerprint density at radius 1 is 1.50 bits per heavy atom. The Bertz CT molecular complexity index is 420. The van der Waals surface area contributed by atoms with Gasteiger partial charge >= 0.3 is 0 Å². The maximum atomic E-state index is 12.2. The van der Waals surface area contributed by atoms with E-state index in [4.69, 9.17) is 0 Å². The van der Waals surface area contributed by atoms with Crippen LogP contribution in [-0.2, 0) is 14.8 Å². The summed E-state index contributed by atoms with van der Waals surface area (Å²) in [5.41, 5.74) is 0. The fourth-order valence-corrected chi connectivity index (χ4v) is 5.45. The van der Waals surface area contributed by atoms with Crippen LogP contribution in [0.2, 0.25) is 0 Å². The summed E-state index contributed by atoms with van der Waals surface area (Å²) in [4.78, 5) is 12.1. The van der Waals surface area contributed by atoms with Gasteiger partial charge in [-0.05, 0) is 26.2 Å². The Morgan fingerprint density at radius 2 is 2.17 bits per heavy atom. The van der Waals surface area contributed by atoms with Gasteiger partial charge in [0.15, 0.2) is 0 Å². The molecule has 0 aromatic carbocycles. The van der Waals surface area contributed by atoms with Gasteiger partial charge < -0.3 is 5.32 Å². The van der Waals surface area contributed by atoms with Crippen molar-refractivity contribution in [2.24, 2.45) is 0 Å². The van der Waals surface area contributed by atoms with Crippen LogP contribution in [0.25, 0.3) is 0 Å². The Hall–Kier alpha value is -0.270. The highest BCUT2D eigenvalue weighted by Gasteiger charge is 2.46. The second-order valence-electron chi connectivity index (χ2n) is 4.96. The third-order valence-corrected chi connectivity index (χ3v) is 6.94. The highest BCUT2D eigenvalue weighted by molar-refractivity contribution is 8.00. The molecule has 0 aromatic heterocycles. The minimum Gasteiger partial charge on any atom is -0.352 e. The van der Waals surface area contributed by atoms with Gasteiger partial charge in [0.1, 0.15) is 6.04 Å². The first-order valence-corrected chi connectivity index (χ1v) is 9.01. The summed E-state index contributed by atoms with van der Waals surface area (Å²) in [7, 11) is -3.25. The molecule has 18 heavy (non-hydrogen) atoms. The van der Waals surface area contributed by atoms with Crippen molar-refractivity contribution < 1.29 is 13.2 Å². The fraction of sp³-hybridized carbons (Fsp3) is 0.909. The average Bonchev–Trinajstić information content (AvgIpc) is 3.06. The van der Waals surface area contributed by atoms with Crippen LogP contribution in [0.1, 0.15) is 33.1 Å². The van der Waals surface area contributed by atoms with Crippen LogP contribution >= 0.6 is 11.8 Å². The van der Waals surface area contributed by atoms with Crippen LogP contribution in [0.5, 0.6) is 0 Å². The maximum absolute atomic E-state index is 12.2. The Balaban J connectivity index is 2.05. The molecule has 2 atom stereocenters. The van der Waals surface area contributed by atoms with Crippen molar-refractivity contribution in [3.8, 4) is 0 Å². The molecule has 2 fully saturated rings. The number of nitrogens with zero attached hydrogens (tertiary/aromatic N) is 1. The van der Waals surface area contributed by atoms with Crippen molar-refractivity contribution in [3.63, 3.8) is 0 Å². The number of thioether (sulfide) groups is 1. The number of hydrogen-bond acceptors (Lipinski definition) is 4. The highest BCUT2D eigenvalue weighted by Crippen LogP contribution is 2.35. The van der Waals surface area contributed by atoms with Gasteiger partial charge in [0.2, 0.25) is 15.9 Å². The molecule has 0 radical (unpaired) electrons. The van der Waals surface area contributed by atoms with E-state index >= 15 is 0 Å². The number of hydrogen-bond donors (Lipinski definition) is 1. The molecule has 104 valence electrons. The molecule has 0 aromatic rings. The van der Waals surface area contributed by atoms with E-state index in [-0.39, 0.29) is 17.2 Å². The van der Waals surface area contributed by atoms with Crippen LogP contribution in [-0.4, -0.2) is 47.6 Å². The zero-order valence-electron chi connectivity index (χ0n) is 10.8. The fourth-order valence-electron chi connectivity index (χ4n) is 1.88. The number of carbonyl (C=O) groups is 1. The molecule has 5 nitrogen and oxygen atoms in total. The van der Waals surface area contributed by atoms with Gasteiger partial charge in [0.05, 0.1) is 11.1 Å². The lowest BCUT2D eigenvalue weighted by molar-refractivity contribution is -0.124. The van der Waals surface area contributed by atoms with Gasteiger partial charge in [0, 0.05) is 11.8 Å². The summed E-state index contributed by atoms with van der Waals surface area (Å²) in [6.07, 6.45) is 2.33. The normalized spacial score (nSPS) is 27.1. The van der Waals surface area contributed by atoms with Gasteiger partial charge in [-0.1, -0.05) is 6.92 Å². The van der Waals surface area contributed by atoms with E-state index in [2.05, 4.69) is 5.32 Å². The van der Waals surface area contributed by atoms with E-state index in [0.29, 0.717) is 11.6 Å². The summed E-state index contributed by atoms with van der Waals surface area (Å²) < 4.78 is 25.8. The molecule has 1 N–H and O–H groups in total. The maximum Gasteiger partial charge on any atom is 0.239 e. The lowest BCUT2D eigenvalue weighted by atomic mass is 10.2. The summed E-state index contributed by atoms with van der Waals surface area (Å²) in [5.74, 6) is 0.824. The van der Waals surface area contributed by atoms with E-state index in [1.807, 2.05) is 13.8 Å². The summed E-state index contributed by atoms with van der Waals surface area (Å²) in [6.45, 7) is 3.92.